The third-order valence-electron chi connectivity index (χ3n) is 4.69. The van der Waals surface area contributed by atoms with Crippen LogP contribution in [-0.4, -0.2) is 31.2 Å². The van der Waals surface area contributed by atoms with Gasteiger partial charge in [-0.1, -0.05) is 31.2 Å². The van der Waals surface area contributed by atoms with Gasteiger partial charge in [0.2, 0.25) is 5.91 Å². The van der Waals surface area contributed by atoms with Gasteiger partial charge in [-0.15, -0.1) is 0 Å². The topological polar surface area (TPSA) is 50.4 Å². The van der Waals surface area contributed by atoms with E-state index in [9.17, 15) is 4.79 Å². The molecule has 114 valence electrons. The highest BCUT2D eigenvalue weighted by molar-refractivity contribution is 5.82. The molecule has 3 rings (SSSR count). The fourth-order valence-electron chi connectivity index (χ4n) is 3.37. The number of carbonyl (C=O) groups is 1. The second kappa shape index (κ2) is 6.58. The molecule has 0 saturated carbocycles. The summed E-state index contributed by atoms with van der Waals surface area (Å²) in [5.74, 6) is 0.584. The van der Waals surface area contributed by atoms with Crippen LogP contribution in [0.1, 0.15) is 30.9 Å². The van der Waals surface area contributed by atoms with Gasteiger partial charge in [-0.2, -0.15) is 0 Å². The Bertz CT molecular complexity index is 503. The van der Waals surface area contributed by atoms with Crippen molar-refractivity contribution in [2.45, 2.75) is 44.9 Å². The number of hydrogen-bond acceptors (Lipinski definition) is 3. The zero-order chi connectivity index (χ0) is 14.7. The van der Waals surface area contributed by atoms with Crippen LogP contribution in [0.4, 0.5) is 0 Å². The quantitative estimate of drug-likeness (QED) is 0.885. The molecule has 0 aliphatic carbocycles. The maximum atomic E-state index is 12.3. The Kier molecular flexibility index (Phi) is 4.56. The van der Waals surface area contributed by atoms with Crippen molar-refractivity contribution in [3.8, 4) is 0 Å². The molecule has 2 aliphatic rings. The molecule has 0 aromatic heterocycles. The minimum Gasteiger partial charge on any atom is -0.378 e. The van der Waals surface area contributed by atoms with Crippen LogP contribution < -0.4 is 10.6 Å². The predicted octanol–water partition coefficient (Wildman–Crippen LogP) is 1.63. The summed E-state index contributed by atoms with van der Waals surface area (Å²) in [6, 6.07) is 8.22. The van der Waals surface area contributed by atoms with Crippen molar-refractivity contribution < 1.29 is 9.53 Å². The first kappa shape index (κ1) is 14.5. The summed E-state index contributed by atoms with van der Waals surface area (Å²) >= 11 is 0. The summed E-state index contributed by atoms with van der Waals surface area (Å²) in [7, 11) is 0. The summed E-state index contributed by atoms with van der Waals surface area (Å²) in [6.45, 7) is 4.48. The number of fused-ring (bicyclic) bond motifs is 1. The lowest BCUT2D eigenvalue weighted by molar-refractivity contribution is -0.123. The van der Waals surface area contributed by atoms with E-state index in [1.807, 2.05) is 12.1 Å². The van der Waals surface area contributed by atoms with Crippen LogP contribution in [-0.2, 0) is 22.5 Å². The third-order valence-corrected chi connectivity index (χ3v) is 4.69. The van der Waals surface area contributed by atoms with Gasteiger partial charge in [-0.3, -0.25) is 4.79 Å². The molecule has 4 nitrogen and oxygen atoms in total. The molecule has 1 saturated heterocycles. The second-order valence-corrected chi connectivity index (χ2v) is 6.02. The van der Waals surface area contributed by atoms with Gasteiger partial charge in [0.25, 0.3) is 0 Å². The van der Waals surface area contributed by atoms with Gasteiger partial charge in [0.15, 0.2) is 0 Å². The standard InChI is InChI=1S/C17H24N2O2/c1-2-16-14(7-8-21-16)11-19-17(20)15-9-12-5-3-4-6-13(12)10-18-15/h3-6,14-16,18H,2,7-11H2,1H3,(H,19,20)/t14?,15-,16?/m1/s1. The lowest BCUT2D eigenvalue weighted by Crippen LogP contribution is -2.49. The van der Waals surface area contributed by atoms with Crippen LogP contribution in [0.15, 0.2) is 24.3 Å². The minimum atomic E-state index is -0.109. The largest absolute Gasteiger partial charge is 0.378 e. The zero-order valence-corrected chi connectivity index (χ0v) is 12.6. The highest BCUT2D eigenvalue weighted by Gasteiger charge is 2.29. The third kappa shape index (κ3) is 3.27. The summed E-state index contributed by atoms with van der Waals surface area (Å²) in [4.78, 5) is 12.3. The number of benzene rings is 1. The van der Waals surface area contributed by atoms with E-state index in [1.165, 1.54) is 11.1 Å². The van der Waals surface area contributed by atoms with E-state index < -0.39 is 0 Å². The van der Waals surface area contributed by atoms with Crippen molar-refractivity contribution in [2.24, 2.45) is 5.92 Å². The average Bonchev–Trinajstić information content (AvgIpc) is 2.99. The van der Waals surface area contributed by atoms with Gasteiger partial charge < -0.3 is 15.4 Å². The van der Waals surface area contributed by atoms with Crippen LogP contribution in [0.3, 0.4) is 0 Å². The van der Waals surface area contributed by atoms with Gasteiger partial charge in [-0.05, 0) is 30.4 Å². The fourth-order valence-corrected chi connectivity index (χ4v) is 3.37. The molecule has 4 heteroatoms. The lowest BCUT2D eigenvalue weighted by Gasteiger charge is -2.26. The van der Waals surface area contributed by atoms with E-state index in [0.29, 0.717) is 12.0 Å². The van der Waals surface area contributed by atoms with Gasteiger partial charge in [0, 0.05) is 25.6 Å². The molecule has 2 N–H and O–H groups in total. The molecule has 0 spiro atoms. The van der Waals surface area contributed by atoms with E-state index in [4.69, 9.17) is 4.74 Å². The Labute approximate surface area is 126 Å². The number of hydrogen-bond donors (Lipinski definition) is 2. The summed E-state index contributed by atoms with van der Waals surface area (Å²) < 4.78 is 5.67. The van der Waals surface area contributed by atoms with Crippen LogP contribution in [0, 0.1) is 5.92 Å². The van der Waals surface area contributed by atoms with Gasteiger partial charge in [0.05, 0.1) is 12.1 Å². The smallest absolute Gasteiger partial charge is 0.237 e. The van der Waals surface area contributed by atoms with Gasteiger partial charge in [-0.25, -0.2) is 0 Å². The number of amides is 1. The molecule has 1 amide bonds. The van der Waals surface area contributed by atoms with Crippen molar-refractivity contribution in [3.63, 3.8) is 0 Å². The number of rotatable bonds is 4. The van der Waals surface area contributed by atoms with Crippen molar-refractivity contribution in [1.29, 1.82) is 0 Å². The molecular formula is C17H24N2O2. The Balaban J connectivity index is 1.52. The number of nitrogens with one attached hydrogen (secondary N) is 2. The maximum Gasteiger partial charge on any atom is 0.237 e. The predicted molar refractivity (Wildman–Crippen MR) is 81.9 cm³/mol. The van der Waals surface area contributed by atoms with Crippen LogP contribution in [0.25, 0.3) is 0 Å². The maximum absolute atomic E-state index is 12.3. The molecule has 21 heavy (non-hydrogen) atoms. The number of carbonyl (C=O) groups excluding carboxylic acids is 1. The zero-order valence-electron chi connectivity index (χ0n) is 12.6. The SMILES string of the molecule is CCC1OCCC1CNC(=O)[C@H]1Cc2ccccc2CN1. The van der Waals surface area contributed by atoms with Crippen molar-refractivity contribution in [3.05, 3.63) is 35.4 Å². The molecule has 3 atom stereocenters. The molecule has 0 radical (unpaired) electrons. The van der Waals surface area contributed by atoms with E-state index in [-0.39, 0.29) is 11.9 Å². The second-order valence-electron chi connectivity index (χ2n) is 6.02. The molecule has 1 aromatic carbocycles. The van der Waals surface area contributed by atoms with Crippen LogP contribution >= 0.6 is 0 Å². The first-order valence-corrected chi connectivity index (χ1v) is 7.97. The molecule has 2 aliphatic heterocycles. The monoisotopic (exact) mass is 288 g/mol. The first-order chi connectivity index (χ1) is 10.3. The molecule has 2 unspecified atom stereocenters. The molecule has 1 fully saturated rings. The molecular weight excluding hydrogens is 264 g/mol. The highest BCUT2D eigenvalue weighted by Crippen LogP contribution is 2.22. The summed E-state index contributed by atoms with van der Waals surface area (Å²) in [5, 5.41) is 6.44. The summed E-state index contributed by atoms with van der Waals surface area (Å²) in [6.07, 6.45) is 3.17. The van der Waals surface area contributed by atoms with E-state index in [2.05, 4.69) is 29.7 Å². The van der Waals surface area contributed by atoms with Crippen molar-refractivity contribution >= 4 is 5.91 Å². The number of ether oxygens (including phenoxy) is 1. The van der Waals surface area contributed by atoms with E-state index >= 15 is 0 Å². The van der Waals surface area contributed by atoms with Gasteiger partial charge >= 0.3 is 0 Å². The highest BCUT2D eigenvalue weighted by atomic mass is 16.5. The Morgan fingerprint density at radius 1 is 1.38 bits per heavy atom. The first-order valence-electron chi connectivity index (χ1n) is 7.97. The Morgan fingerprint density at radius 2 is 2.19 bits per heavy atom. The van der Waals surface area contributed by atoms with Crippen LogP contribution in [0.2, 0.25) is 0 Å². The normalized spacial score (nSPS) is 28.1. The average molecular weight is 288 g/mol. The van der Waals surface area contributed by atoms with Gasteiger partial charge in [0.1, 0.15) is 0 Å². The molecule has 2 heterocycles. The van der Waals surface area contributed by atoms with Crippen LogP contribution in [0.5, 0.6) is 0 Å². The summed E-state index contributed by atoms with van der Waals surface area (Å²) in [5.41, 5.74) is 2.59. The van der Waals surface area contributed by atoms with Crippen molar-refractivity contribution in [1.82, 2.24) is 10.6 Å². The molecule has 1 aromatic rings. The minimum absolute atomic E-state index is 0.109. The lowest BCUT2D eigenvalue weighted by atomic mass is 9.95. The fraction of sp³-hybridized carbons (Fsp3) is 0.588. The van der Waals surface area contributed by atoms with E-state index in [0.717, 1.165) is 39.0 Å². The van der Waals surface area contributed by atoms with Crippen molar-refractivity contribution in [2.75, 3.05) is 13.2 Å². The molecule has 0 bridgehead atoms. The Hall–Kier alpha value is -1.39. The van der Waals surface area contributed by atoms with E-state index in [1.54, 1.807) is 0 Å². The Morgan fingerprint density at radius 3 is 3.00 bits per heavy atom.